The molecule has 0 aliphatic carbocycles. The number of carbonyl (C=O) groups excluding carboxylic acids is 1. The molecule has 202 valence electrons. The Morgan fingerprint density at radius 2 is 1.76 bits per heavy atom. The zero-order valence-corrected chi connectivity index (χ0v) is 22.9. The number of hydrogen-bond donors (Lipinski definition) is 0. The molecule has 1 aromatic heterocycles. The van der Waals surface area contributed by atoms with Crippen molar-refractivity contribution < 1.29 is 26.4 Å². The van der Waals surface area contributed by atoms with E-state index in [0.717, 1.165) is 24.1 Å². The normalized spacial score (nSPS) is 21.5. The van der Waals surface area contributed by atoms with Crippen molar-refractivity contribution in [2.75, 3.05) is 51.3 Å². The van der Waals surface area contributed by atoms with E-state index < -0.39 is 21.8 Å². The first kappa shape index (κ1) is 28.3. The topological polar surface area (TPSA) is 73.8 Å². The third kappa shape index (κ3) is 6.83. The zero-order valence-electron chi connectivity index (χ0n) is 19.8. The number of hydrogen-bond acceptors (Lipinski definition) is 5. The SMILES string of the molecule is CS(=O)(=O)N1CCN(C(=O)N2CC(CSc3ccc(C(F)(F)F)cn3)C(c3ccc(Cl)c(Cl)c3)C2)CC1. The second kappa shape index (κ2) is 11.2. The Bertz CT molecular complexity index is 1240. The Kier molecular flexibility index (Phi) is 8.54. The van der Waals surface area contributed by atoms with Gasteiger partial charge in [0.05, 0.1) is 26.9 Å². The molecule has 2 atom stereocenters. The predicted octanol–water partition coefficient (Wildman–Crippen LogP) is 4.91. The molecule has 2 unspecified atom stereocenters. The van der Waals surface area contributed by atoms with Gasteiger partial charge in [-0.2, -0.15) is 17.5 Å². The number of thioether (sulfide) groups is 1. The summed E-state index contributed by atoms with van der Waals surface area (Å²) in [5, 5.41) is 1.28. The van der Waals surface area contributed by atoms with Crippen LogP contribution in [-0.2, 0) is 16.2 Å². The number of nitrogens with zero attached hydrogens (tertiary/aromatic N) is 4. The van der Waals surface area contributed by atoms with Crippen molar-refractivity contribution in [3.8, 4) is 0 Å². The first-order chi connectivity index (χ1) is 17.3. The number of sulfonamides is 1. The summed E-state index contributed by atoms with van der Waals surface area (Å²) in [7, 11) is -3.31. The van der Waals surface area contributed by atoms with Crippen molar-refractivity contribution in [1.29, 1.82) is 0 Å². The summed E-state index contributed by atoms with van der Waals surface area (Å²) >= 11 is 13.7. The number of carbonyl (C=O) groups is 1. The number of halogens is 5. The van der Waals surface area contributed by atoms with Gasteiger partial charge in [0, 0.05) is 57.1 Å². The second-order valence-electron chi connectivity index (χ2n) is 9.07. The average molecular weight is 598 g/mol. The molecule has 1 aromatic carbocycles. The molecule has 37 heavy (non-hydrogen) atoms. The van der Waals surface area contributed by atoms with Gasteiger partial charge in [-0.25, -0.2) is 18.2 Å². The average Bonchev–Trinajstić information content (AvgIpc) is 3.27. The van der Waals surface area contributed by atoms with Crippen molar-refractivity contribution >= 4 is 51.0 Å². The number of likely N-dealkylation sites (tertiary alicyclic amines) is 1. The number of amides is 2. The van der Waals surface area contributed by atoms with Crippen LogP contribution in [0.5, 0.6) is 0 Å². The summed E-state index contributed by atoms with van der Waals surface area (Å²) in [6.07, 6.45) is -2.48. The van der Waals surface area contributed by atoms with E-state index in [1.807, 2.05) is 6.07 Å². The highest BCUT2D eigenvalue weighted by atomic mass is 35.5. The fourth-order valence-corrected chi connectivity index (χ4v) is 6.70. The van der Waals surface area contributed by atoms with Crippen molar-refractivity contribution in [1.82, 2.24) is 19.1 Å². The van der Waals surface area contributed by atoms with Crippen LogP contribution in [0, 0.1) is 5.92 Å². The van der Waals surface area contributed by atoms with Crippen molar-refractivity contribution in [2.45, 2.75) is 17.1 Å². The molecular formula is C23H25Cl2F3N4O3S2. The maximum absolute atomic E-state index is 13.3. The first-order valence-corrected chi connectivity index (χ1v) is 15.0. The Balaban J connectivity index is 1.47. The van der Waals surface area contributed by atoms with Gasteiger partial charge in [0.15, 0.2) is 0 Å². The maximum Gasteiger partial charge on any atom is 0.417 e. The largest absolute Gasteiger partial charge is 0.417 e. The minimum absolute atomic E-state index is 0.0207. The van der Waals surface area contributed by atoms with Crippen LogP contribution in [0.15, 0.2) is 41.6 Å². The van der Waals surface area contributed by atoms with Crippen LogP contribution in [0.4, 0.5) is 18.0 Å². The lowest BCUT2D eigenvalue weighted by Crippen LogP contribution is -2.53. The van der Waals surface area contributed by atoms with Gasteiger partial charge in [0.25, 0.3) is 0 Å². The standard InChI is InChI=1S/C23H25Cl2F3N4O3S2/c1-37(34,35)32-8-6-30(7-9-32)22(33)31-12-16(18(13-31)15-2-4-19(24)20(25)10-15)14-36-21-5-3-17(11-29-21)23(26,27)28/h2-5,10-11,16,18H,6-9,12-14H2,1H3. The van der Waals surface area contributed by atoms with Gasteiger partial charge in [-0.05, 0) is 35.7 Å². The predicted molar refractivity (Wildman–Crippen MR) is 138 cm³/mol. The molecular weight excluding hydrogens is 572 g/mol. The third-order valence-corrected chi connectivity index (χ3v) is 9.74. The molecule has 0 spiro atoms. The number of urea groups is 1. The molecule has 0 radical (unpaired) electrons. The highest BCUT2D eigenvalue weighted by Gasteiger charge is 2.39. The highest BCUT2D eigenvalue weighted by molar-refractivity contribution is 7.99. The summed E-state index contributed by atoms with van der Waals surface area (Å²) < 4.78 is 63.5. The first-order valence-electron chi connectivity index (χ1n) is 11.4. The third-order valence-electron chi connectivity index (χ3n) is 6.57. The Hall–Kier alpha value is -1.73. The van der Waals surface area contributed by atoms with Crippen molar-refractivity contribution in [3.05, 3.63) is 57.7 Å². The van der Waals surface area contributed by atoms with Gasteiger partial charge in [0.2, 0.25) is 10.0 Å². The fourth-order valence-electron chi connectivity index (χ4n) is 4.55. The van der Waals surface area contributed by atoms with Gasteiger partial charge >= 0.3 is 12.2 Å². The smallest absolute Gasteiger partial charge is 0.324 e. The minimum Gasteiger partial charge on any atom is -0.324 e. The summed E-state index contributed by atoms with van der Waals surface area (Å²) in [4.78, 5) is 20.7. The lowest BCUT2D eigenvalue weighted by atomic mass is 9.90. The van der Waals surface area contributed by atoms with Gasteiger partial charge < -0.3 is 9.80 Å². The van der Waals surface area contributed by atoms with E-state index >= 15 is 0 Å². The Morgan fingerprint density at radius 3 is 2.32 bits per heavy atom. The van der Waals surface area contributed by atoms with Crippen LogP contribution in [0.3, 0.4) is 0 Å². The van der Waals surface area contributed by atoms with Gasteiger partial charge in [-0.3, -0.25) is 0 Å². The monoisotopic (exact) mass is 596 g/mol. The summed E-state index contributed by atoms with van der Waals surface area (Å²) in [6, 6.07) is 7.54. The van der Waals surface area contributed by atoms with Crippen LogP contribution in [-0.4, -0.2) is 84.8 Å². The van der Waals surface area contributed by atoms with E-state index in [2.05, 4.69) is 4.98 Å². The van der Waals surface area contributed by atoms with E-state index in [9.17, 15) is 26.4 Å². The van der Waals surface area contributed by atoms with E-state index in [-0.39, 0.29) is 31.0 Å². The molecule has 14 heteroatoms. The molecule has 2 fully saturated rings. The molecule has 2 aliphatic rings. The van der Waals surface area contributed by atoms with Gasteiger partial charge in [-0.1, -0.05) is 29.3 Å². The summed E-state index contributed by atoms with van der Waals surface area (Å²) in [5.74, 6) is 0.431. The minimum atomic E-state index is -4.45. The van der Waals surface area contributed by atoms with Crippen LogP contribution < -0.4 is 0 Å². The van der Waals surface area contributed by atoms with Crippen LogP contribution >= 0.6 is 35.0 Å². The molecule has 2 amide bonds. The highest BCUT2D eigenvalue weighted by Crippen LogP contribution is 2.39. The molecule has 7 nitrogen and oxygen atoms in total. The number of benzene rings is 1. The van der Waals surface area contributed by atoms with Crippen LogP contribution in [0.25, 0.3) is 0 Å². The fraction of sp³-hybridized carbons (Fsp3) is 0.478. The van der Waals surface area contributed by atoms with Crippen molar-refractivity contribution in [2.24, 2.45) is 5.92 Å². The number of alkyl halides is 3. The molecule has 2 aromatic rings. The Labute approximate surface area is 228 Å². The van der Waals surface area contributed by atoms with Crippen LogP contribution in [0.2, 0.25) is 10.0 Å². The second-order valence-corrected chi connectivity index (χ2v) is 12.9. The summed E-state index contributed by atoms with van der Waals surface area (Å²) in [5.41, 5.74) is 0.108. The number of pyridine rings is 1. The number of piperazine rings is 1. The molecule has 3 heterocycles. The maximum atomic E-state index is 13.3. The quantitative estimate of drug-likeness (QED) is 0.458. The molecule has 4 rings (SSSR count). The van der Waals surface area contributed by atoms with Gasteiger partial charge in [0.1, 0.15) is 0 Å². The summed E-state index contributed by atoms with van der Waals surface area (Å²) in [6.45, 7) is 1.95. The van der Waals surface area contributed by atoms with Crippen LogP contribution in [0.1, 0.15) is 17.0 Å². The van der Waals surface area contributed by atoms with Crippen molar-refractivity contribution in [3.63, 3.8) is 0 Å². The lowest BCUT2D eigenvalue weighted by molar-refractivity contribution is -0.137. The molecule has 0 bridgehead atoms. The van der Waals surface area contributed by atoms with E-state index in [0.29, 0.717) is 47.0 Å². The molecule has 2 aliphatic heterocycles. The van der Waals surface area contributed by atoms with Gasteiger partial charge in [-0.15, -0.1) is 11.8 Å². The molecule has 0 N–H and O–H groups in total. The lowest BCUT2D eigenvalue weighted by Gasteiger charge is -2.35. The molecule has 2 saturated heterocycles. The van der Waals surface area contributed by atoms with E-state index in [1.165, 1.54) is 22.1 Å². The van der Waals surface area contributed by atoms with E-state index in [1.54, 1.807) is 21.9 Å². The number of rotatable bonds is 5. The Morgan fingerprint density at radius 1 is 1.05 bits per heavy atom. The number of aromatic nitrogens is 1. The van der Waals surface area contributed by atoms with E-state index in [4.69, 9.17) is 23.2 Å². The molecule has 0 saturated carbocycles. The zero-order chi connectivity index (χ0) is 27.0.